The lowest BCUT2D eigenvalue weighted by Crippen LogP contribution is -2.38. The maximum atomic E-state index is 13.4. The van der Waals surface area contributed by atoms with Crippen LogP contribution in [-0.2, 0) is 4.79 Å². The van der Waals surface area contributed by atoms with E-state index in [1.807, 2.05) is 6.92 Å². The summed E-state index contributed by atoms with van der Waals surface area (Å²) in [5, 5.41) is 13.7. The number of likely N-dealkylation sites (tertiary alicyclic amines) is 1. The number of β-amino-alcohol motifs (C(OH)–C–C–N with tert-alkyl or cyclic N) is 1. The summed E-state index contributed by atoms with van der Waals surface area (Å²) in [6.07, 6.45) is 1.07. The fourth-order valence-corrected chi connectivity index (χ4v) is 3.90. The van der Waals surface area contributed by atoms with E-state index >= 15 is 0 Å². The molecular formula is C20H23F2N3O3. The van der Waals surface area contributed by atoms with Crippen molar-refractivity contribution >= 4 is 22.7 Å². The number of nitrogens with one attached hydrogen (secondary N) is 2. The van der Waals surface area contributed by atoms with Gasteiger partial charge in [-0.2, -0.15) is 0 Å². The smallest absolute Gasteiger partial charge is 0.270 e. The summed E-state index contributed by atoms with van der Waals surface area (Å²) in [6.45, 7) is 2.55. The third-order valence-electron chi connectivity index (χ3n) is 5.71. The van der Waals surface area contributed by atoms with Crippen molar-refractivity contribution in [1.29, 1.82) is 0 Å². The molecule has 3 N–H and O–H groups in total. The van der Waals surface area contributed by atoms with Crippen LogP contribution >= 0.6 is 0 Å². The van der Waals surface area contributed by atoms with Crippen LogP contribution in [0.4, 0.5) is 8.78 Å². The number of aliphatic hydroxyl groups excluding tert-OH is 1. The SMILES string of the molecule is C[C@@H]1C[C@H]1C(=O)N[C@@H]1CCN(C(=O)c2cc3cc(F)c(F)cc3[nH]2)C[C@H](O)C1. The van der Waals surface area contributed by atoms with Gasteiger partial charge in [-0.15, -0.1) is 0 Å². The highest BCUT2D eigenvalue weighted by Gasteiger charge is 2.40. The molecule has 2 amide bonds. The Labute approximate surface area is 160 Å². The third-order valence-corrected chi connectivity index (χ3v) is 5.71. The number of rotatable bonds is 3. The Bertz CT molecular complexity index is 890. The zero-order chi connectivity index (χ0) is 20.0. The van der Waals surface area contributed by atoms with E-state index in [-0.39, 0.29) is 36.0 Å². The predicted molar refractivity (Wildman–Crippen MR) is 98.6 cm³/mol. The molecule has 4 atom stereocenters. The fourth-order valence-electron chi connectivity index (χ4n) is 3.90. The van der Waals surface area contributed by atoms with E-state index < -0.39 is 17.7 Å². The quantitative estimate of drug-likeness (QED) is 0.750. The van der Waals surface area contributed by atoms with Crippen molar-refractivity contribution in [1.82, 2.24) is 15.2 Å². The van der Waals surface area contributed by atoms with Crippen molar-refractivity contribution in [2.75, 3.05) is 13.1 Å². The number of hydrogen-bond acceptors (Lipinski definition) is 3. The minimum atomic E-state index is -0.984. The zero-order valence-electron chi connectivity index (χ0n) is 15.5. The number of H-pyrrole nitrogens is 1. The highest BCUT2D eigenvalue weighted by atomic mass is 19.2. The average molecular weight is 391 g/mol. The summed E-state index contributed by atoms with van der Waals surface area (Å²) in [7, 11) is 0. The van der Waals surface area contributed by atoms with Crippen LogP contribution in [0.25, 0.3) is 10.9 Å². The van der Waals surface area contributed by atoms with Gasteiger partial charge in [0.2, 0.25) is 5.91 Å². The monoisotopic (exact) mass is 391 g/mol. The standard InChI is InChI=1S/C20H23F2N3O3/c1-10-4-14(10)19(27)23-12-2-3-25(9-13(26)7-12)20(28)18-6-11-5-15(21)16(22)8-17(11)24-18/h5-6,8,10,12-14,24,26H,2-4,7,9H2,1H3,(H,23,27)/t10-,12-,13-,14-/m1/s1. The predicted octanol–water partition coefficient (Wildman–Crippen LogP) is 2.18. The number of halogens is 2. The Balaban J connectivity index is 1.45. The normalized spacial score (nSPS) is 27.5. The largest absolute Gasteiger partial charge is 0.391 e. The van der Waals surface area contributed by atoms with Crippen LogP contribution in [0.3, 0.4) is 0 Å². The fraction of sp³-hybridized carbons (Fsp3) is 0.500. The van der Waals surface area contributed by atoms with Crippen molar-refractivity contribution in [2.24, 2.45) is 11.8 Å². The number of fused-ring (bicyclic) bond motifs is 1. The van der Waals surface area contributed by atoms with Gasteiger partial charge in [-0.05, 0) is 37.3 Å². The molecular weight excluding hydrogens is 368 g/mol. The molecule has 150 valence electrons. The number of carbonyl (C=O) groups excluding carboxylic acids is 2. The first-order valence-electron chi connectivity index (χ1n) is 9.57. The Morgan fingerprint density at radius 1 is 1.21 bits per heavy atom. The molecule has 2 heterocycles. The van der Waals surface area contributed by atoms with Crippen LogP contribution in [0.1, 0.15) is 36.7 Å². The maximum Gasteiger partial charge on any atom is 0.270 e. The second-order valence-corrected chi connectivity index (χ2v) is 7.99. The van der Waals surface area contributed by atoms with Crippen LogP contribution in [0.15, 0.2) is 18.2 Å². The Morgan fingerprint density at radius 3 is 2.64 bits per heavy atom. The van der Waals surface area contributed by atoms with Gasteiger partial charge in [-0.25, -0.2) is 8.78 Å². The molecule has 2 aliphatic rings. The first-order valence-corrected chi connectivity index (χ1v) is 9.57. The molecule has 8 heteroatoms. The number of nitrogens with zero attached hydrogens (tertiary/aromatic N) is 1. The van der Waals surface area contributed by atoms with E-state index in [1.165, 1.54) is 11.0 Å². The number of hydrogen-bond donors (Lipinski definition) is 3. The molecule has 0 bridgehead atoms. The van der Waals surface area contributed by atoms with Crippen LogP contribution in [0, 0.1) is 23.5 Å². The molecule has 1 aromatic heterocycles. The number of amides is 2. The molecule has 1 aliphatic carbocycles. The summed E-state index contributed by atoms with van der Waals surface area (Å²) in [4.78, 5) is 29.3. The van der Waals surface area contributed by atoms with Crippen LogP contribution in [0.2, 0.25) is 0 Å². The summed E-state index contributed by atoms with van der Waals surface area (Å²) in [5.41, 5.74) is 0.544. The summed E-state index contributed by atoms with van der Waals surface area (Å²) < 4.78 is 26.8. The van der Waals surface area contributed by atoms with Gasteiger partial charge in [-0.3, -0.25) is 9.59 Å². The maximum absolute atomic E-state index is 13.4. The van der Waals surface area contributed by atoms with Gasteiger partial charge in [0.05, 0.1) is 6.10 Å². The average Bonchev–Trinajstić information content (AvgIpc) is 3.29. The van der Waals surface area contributed by atoms with E-state index in [2.05, 4.69) is 10.3 Å². The summed E-state index contributed by atoms with van der Waals surface area (Å²) in [5.74, 6) is -1.82. The Kier molecular flexibility index (Phi) is 4.82. The highest BCUT2D eigenvalue weighted by Crippen LogP contribution is 2.37. The molecule has 1 saturated carbocycles. The lowest BCUT2D eigenvalue weighted by Gasteiger charge is -2.21. The Hall–Kier alpha value is -2.48. The van der Waals surface area contributed by atoms with E-state index in [4.69, 9.17) is 0 Å². The van der Waals surface area contributed by atoms with Gasteiger partial charge in [0.25, 0.3) is 5.91 Å². The van der Waals surface area contributed by atoms with E-state index in [0.717, 1.165) is 18.6 Å². The summed E-state index contributed by atoms with van der Waals surface area (Å²) >= 11 is 0. The summed E-state index contributed by atoms with van der Waals surface area (Å²) in [6, 6.07) is 3.35. The van der Waals surface area contributed by atoms with Gasteiger partial charge in [0.15, 0.2) is 11.6 Å². The van der Waals surface area contributed by atoms with Crippen LogP contribution in [-0.4, -0.2) is 52.0 Å². The molecule has 0 radical (unpaired) electrons. The number of aromatic amines is 1. The highest BCUT2D eigenvalue weighted by molar-refractivity contribution is 5.98. The van der Waals surface area contributed by atoms with Crippen molar-refractivity contribution in [2.45, 2.75) is 38.3 Å². The molecule has 0 unspecified atom stereocenters. The van der Waals surface area contributed by atoms with Gasteiger partial charge in [-0.1, -0.05) is 6.92 Å². The first-order chi connectivity index (χ1) is 13.3. The van der Waals surface area contributed by atoms with Crippen molar-refractivity contribution in [3.05, 3.63) is 35.5 Å². The van der Waals surface area contributed by atoms with Gasteiger partial charge >= 0.3 is 0 Å². The molecule has 0 spiro atoms. The van der Waals surface area contributed by atoms with Crippen LogP contribution < -0.4 is 5.32 Å². The molecule has 28 heavy (non-hydrogen) atoms. The molecule has 4 rings (SSSR count). The minimum absolute atomic E-state index is 0.0177. The number of carbonyl (C=O) groups is 2. The number of aliphatic hydroxyl groups is 1. The van der Waals surface area contributed by atoms with Gasteiger partial charge < -0.3 is 20.3 Å². The lowest BCUT2D eigenvalue weighted by molar-refractivity contribution is -0.123. The molecule has 1 aromatic carbocycles. The second-order valence-electron chi connectivity index (χ2n) is 7.99. The Morgan fingerprint density at radius 2 is 1.93 bits per heavy atom. The number of benzene rings is 1. The van der Waals surface area contributed by atoms with Crippen molar-refractivity contribution < 1.29 is 23.5 Å². The molecule has 2 aromatic rings. The molecule has 1 saturated heterocycles. The van der Waals surface area contributed by atoms with Crippen molar-refractivity contribution in [3.63, 3.8) is 0 Å². The minimum Gasteiger partial charge on any atom is -0.391 e. The zero-order valence-corrected chi connectivity index (χ0v) is 15.5. The lowest BCUT2D eigenvalue weighted by atomic mass is 10.1. The number of aromatic nitrogens is 1. The van der Waals surface area contributed by atoms with E-state index in [1.54, 1.807) is 0 Å². The topological polar surface area (TPSA) is 85.4 Å². The molecule has 2 fully saturated rings. The van der Waals surface area contributed by atoms with Gasteiger partial charge in [0.1, 0.15) is 5.69 Å². The van der Waals surface area contributed by atoms with Crippen LogP contribution in [0.5, 0.6) is 0 Å². The molecule has 1 aliphatic heterocycles. The van der Waals surface area contributed by atoms with E-state index in [0.29, 0.717) is 36.2 Å². The van der Waals surface area contributed by atoms with Gasteiger partial charge in [0, 0.05) is 42.0 Å². The van der Waals surface area contributed by atoms with E-state index in [9.17, 15) is 23.5 Å². The van der Waals surface area contributed by atoms with Crippen molar-refractivity contribution in [3.8, 4) is 0 Å². The second kappa shape index (κ2) is 7.16. The third kappa shape index (κ3) is 3.73. The first kappa shape index (κ1) is 18.9. The molecule has 6 nitrogen and oxygen atoms in total.